The lowest BCUT2D eigenvalue weighted by atomic mass is 9.96. The van der Waals surface area contributed by atoms with Gasteiger partial charge in [0.25, 0.3) is 0 Å². The minimum Gasteiger partial charge on any atom is -0.496 e. The number of carbonyl (C=O) groups excluding carboxylic acids is 1. The lowest BCUT2D eigenvalue weighted by Crippen LogP contribution is -2.41. The highest BCUT2D eigenvalue weighted by atomic mass is 16.5. The Morgan fingerprint density at radius 1 is 1.27 bits per heavy atom. The summed E-state index contributed by atoms with van der Waals surface area (Å²) in [4.78, 5) is 24.2. The van der Waals surface area contributed by atoms with Crippen LogP contribution in [0, 0.1) is 0 Å². The smallest absolute Gasteiger partial charge is 0.224 e. The van der Waals surface area contributed by atoms with Crippen LogP contribution >= 0.6 is 0 Å². The van der Waals surface area contributed by atoms with Crippen LogP contribution < -0.4 is 10.5 Å². The number of methoxy groups -OCH3 is 2. The number of benzene rings is 1. The van der Waals surface area contributed by atoms with E-state index >= 15 is 0 Å². The van der Waals surface area contributed by atoms with Gasteiger partial charge in [-0.2, -0.15) is 0 Å². The number of nitrogens with two attached hydrogens (primary N) is 1. The number of pyridine rings is 1. The summed E-state index contributed by atoms with van der Waals surface area (Å²) in [5.74, 6) is 1.97. The molecule has 1 saturated heterocycles. The Morgan fingerprint density at radius 2 is 2.12 bits per heavy atom. The Hall–Kier alpha value is -2.97. The summed E-state index contributed by atoms with van der Waals surface area (Å²) in [6.07, 6.45) is 6.44. The minimum absolute atomic E-state index is 0.0557. The number of para-hydroxylation sites is 2. The second kappa shape index (κ2) is 10.8. The molecule has 176 valence electrons. The zero-order valence-corrected chi connectivity index (χ0v) is 19.4. The van der Waals surface area contributed by atoms with E-state index in [-0.39, 0.29) is 18.2 Å². The van der Waals surface area contributed by atoms with Crippen LogP contribution in [0.25, 0.3) is 11.0 Å². The molecule has 1 aliphatic heterocycles. The molecule has 0 saturated carbocycles. The van der Waals surface area contributed by atoms with E-state index in [9.17, 15) is 4.79 Å². The second-order valence-electron chi connectivity index (χ2n) is 8.56. The first kappa shape index (κ1) is 23.2. The summed E-state index contributed by atoms with van der Waals surface area (Å²) in [5.41, 5.74) is 9.26. The lowest BCUT2D eigenvalue weighted by molar-refractivity contribution is -0.132. The van der Waals surface area contributed by atoms with Crippen LogP contribution in [0.3, 0.4) is 0 Å². The summed E-state index contributed by atoms with van der Waals surface area (Å²) < 4.78 is 13.0. The standard InChI is InChI=1S/C25H33N5O3/c1-32-14-6-13-30-22-9-4-3-8-21(22)28-25(30)18-7-5-12-29(17-18)24(31)15-20(26)19-16-27-11-10-23(19)33-2/h3-4,8-11,16,18,20H,5-7,12-15,17,26H2,1-2H3. The maximum Gasteiger partial charge on any atom is 0.224 e. The molecular formula is C25H33N5O3. The Bertz CT molecular complexity index is 1080. The SMILES string of the molecule is COCCCn1c(C2CCCN(C(=O)CC(N)c3cnccc3OC)C2)nc2ccccc21. The molecule has 2 aromatic heterocycles. The van der Waals surface area contributed by atoms with Crippen LogP contribution in [0.4, 0.5) is 0 Å². The van der Waals surface area contributed by atoms with Crippen molar-refractivity contribution in [2.24, 2.45) is 5.73 Å². The third-order valence-electron chi connectivity index (χ3n) is 6.38. The molecule has 8 heteroatoms. The summed E-state index contributed by atoms with van der Waals surface area (Å²) in [7, 11) is 3.32. The van der Waals surface area contributed by atoms with Gasteiger partial charge < -0.3 is 24.7 Å². The number of amides is 1. The molecule has 1 aliphatic rings. The van der Waals surface area contributed by atoms with Gasteiger partial charge in [-0.05, 0) is 37.5 Å². The second-order valence-corrected chi connectivity index (χ2v) is 8.56. The predicted molar refractivity (Wildman–Crippen MR) is 127 cm³/mol. The van der Waals surface area contributed by atoms with E-state index in [0.29, 0.717) is 18.9 Å². The average Bonchev–Trinajstić information content (AvgIpc) is 3.23. The van der Waals surface area contributed by atoms with Crippen molar-refractivity contribution in [3.05, 3.63) is 54.1 Å². The highest BCUT2D eigenvalue weighted by Gasteiger charge is 2.29. The number of nitrogens with zero attached hydrogens (tertiary/aromatic N) is 4. The van der Waals surface area contributed by atoms with Crippen LogP contribution in [-0.2, 0) is 16.1 Å². The van der Waals surface area contributed by atoms with Gasteiger partial charge in [0.1, 0.15) is 11.6 Å². The molecule has 0 aliphatic carbocycles. The molecule has 33 heavy (non-hydrogen) atoms. The number of piperidine rings is 1. The van der Waals surface area contributed by atoms with Crippen molar-refractivity contribution in [3.63, 3.8) is 0 Å². The van der Waals surface area contributed by atoms with Gasteiger partial charge >= 0.3 is 0 Å². The fourth-order valence-corrected chi connectivity index (χ4v) is 4.71. The number of ether oxygens (including phenoxy) is 2. The number of aromatic nitrogens is 3. The molecule has 1 aromatic carbocycles. The Morgan fingerprint density at radius 3 is 2.94 bits per heavy atom. The maximum atomic E-state index is 13.2. The van der Waals surface area contributed by atoms with Crippen LogP contribution in [0.1, 0.15) is 49.0 Å². The lowest BCUT2D eigenvalue weighted by Gasteiger charge is -2.33. The van der Waals surface area contributed by atoms with Gasteiger partial charge in [-0.25, -0.2) is 4.98 Å². The molecule has 2 unspecified atom stereocenters. The van der Waals surface area contributed by atoms with Crippen LogP contribution in [0.5, 0.6) is 5.75 Å². The fraction of sp³-hybridized carbons (Fsp3) is 0.480. The third-order valence-corrected chi connectivity index (χ3v) is 6.38. The summed E-state index contributed by atoms with van der Waals surface area (Å²) in [6, 6.07) is 9.54. The Balaban J connectivity index is 1.50. The predicted octanol–water partition coefficient (Wildman–Crippen LogP) is 3.27. The van der Waals surface area contributed by atoms with E-state index in [0.717, 1.165) is 54.8 Å². The molecule has 0 spiro atoms. The summed E-state index contributed by atoms with van der Waals surface area (Å²) in [6.45, 7) is 2.95. The summed E-state index contributed by atoms with van der Waals surface area (Å²) >= 11 is 0. The Labute approximate surface area is 194 Å². The van der Waals surface area contributed by atoms with Crippen molar-refractivity contribution < 1.29 is 14.3 Å². The fourth-order valence-electron chi connectivity index (χ4n) is 4.71. The van der Waals surface area contributed by atoms with Crippen molar-refractivity contribution in [1.82, 2.24) is 19.4 Å². The van der Waals surface area contributed by atoms with Gasteiger partial charge in [0.15, 0.2) is 0 Å². The van der Waals surface area contributed by atoms with E-state index in [1.54, 1.807) is 32.7 Å². The van der Waals surface area contributed by atoms with E-state index in [1.165, 1.54) is 0 Å². The monoisotopic (exact) mass is 451 g/mol. The van der Waals surface area contributed by atoms with Crippen molar-refractivity contribution in [2.75, 3.05) is 33.9 Å². The number of rotatable bonds is 9. The van der Waals surface area contributed by atoms with Gasteiger partial charge in [-0.3, -0.25) is 9.78 Å². The molecule has 3 heterocycles. The number of aryl methyl sites for hydroxylation is 1. The first-order valence-corrected chi connectivity index (χ1v) is 11.6. The van der Waals surface area contributed by atoms with Crippen molar-refractivity contribution in [1.29, 1.82) is 0 Å². The van der Waals surface area contributed by atoms with Gasteiger partial charge in [0.05, 0.1) is 18.1 Å². The summed E-state index contributed by atoms with van der Waals surface area (Å²) in [5, 5.41) is 0. The quantitative estimate of drug-likeness (QED) is 0.502. The topological polar surface area (TPSA) is 95.5 Å². The van der Waals surface area contributed by atoms with E-state index < -0.39 is 6.04 Å². The van der Waals surface area contributed by atoms with Gasteiger partial charge in [-0.1, -0.05) is 12.1 Å². The number of hydrogen-bond donors (Lipinski definition) is 1. The molecule has 0 bridgehead atoms. The van der Waals surface area contributed by atoms with E-state index in [2.05, 4.69) is 21.7 Å². The average molecular weight is 452 g/mol. The van der Waals surface area contributed by atoms with Gasteiger partial charge in [-0.15, -0.1) is 0 Å². The number of carbonyl (C=O) groups is 1. The zero-order chi connectivity index (χ0) is 23.2. The Kier molecular flexibility index (Phi) is 7.57. The number of hydrogen-bond acceptors (Lipinski definition) is 6. The van der Waals surface area contributed by atoms with Crippen molar-refractivity contribution in [3.8, 4) is 5.75 Å². The first-order valence-electron chi connectivity index (χ1n) is 11.6. The molecule has 2 N–H and O–H groups in total. The molecule has 4 rings (SSSR count). The van der Waals surface area contributed by atoms with Gasteiger partial charge in [0.2, 0.25) is 5.91 Å². The molecule has 0 radical (unpaired) electrons. The third kappa shape index (κ3) is 5.17. The van der Waals surface area contributed by atoms with E-state index in [4.69, 9.17) is 20.2 Å². The molecular weight excluding hydrogens is 418 g/mol. The van der Waals surface area contributed by atoms with Crippen LogP contribution in [-0.4, -0.2) is 59.3 Å². The minimum atomic E-state index is -0.458. The molecule has 8 nitrogen and oxygen atoms in total. The normalized spacial score (nSPS) is 17.3. The van der Waals surface area contributed by atoms with E-state index in [1.807, 2.05) is 17.0 Å². The molecule has 2 atom stereocenters. The van der Waals surface area contributed by atoms with Crippen molar-refractivity contribution in [2.45, 2.75) is 44.2 Å². The number of likely N-dealkylation sites (tertiary alicyclic amines) is 1. The highest BCUT2D eigenvalue weighted by Crippen LogP contribution is 2.31. The first-order chi connectivity index (χ1) is 16.1. The molecule has 3 aromatic rings. The number of fused-ring (bicyclic) bond motifs is 1. The number of imidazole rings is 1. The maximum absolute atomic E-state index is 13.2. The highest BCUT2D eigenvalue weighted by molar-refractivity contribution is 5.78. The molecule has 1 fully saturated rings. The largest absolute Gasteiger partial charge is 0.496 e. The van der Waals surface area contributed by atoms with Crippen LogP contribution in [0.2, 0.25) is 0 Å². The molecule has 1 amide bonds. The van der Waals surface area contributed by atoms with Crippen LogP contribution in [0.15, 0.2) is 42.7 Å². The zero-order valence-electron chi connectivity index (χ0n) is 19.4. The van der Waals surface area contributed by atoms with Gasteiger partial charge in [0, 0.05) is 69.7 Å². The van der Waals surface area contributed by atoms with Crippen molar-refractivity contribution >= 4 is 16.9 Å².